The Morgan fingerprint density at radius 1 is 1.19 bits per heavy atom. The third kappa shape index (κ3) is 5.78. The Morgan fingerprint density at radius 2 is 1.93 bits per heavy atom. The summed E-state index contributed by atoms with van der Waals surface area (Å²) >= 11 is 6.43. The number of carbonyl (C=O) groups is 1. The Bertz CT molecular complexity index is 641. The summed E-state index contributed by atoms with van der Waals surface area (Å²) in [5, 5.41) is 0.562. The van der Waals surface area contributed by atoms with Crippen LogP contribution in [-0.4, -0.2) is 30.6 Å². The molecule has 0 unspecified atom stereocenters. The molecule has 0 saturated heterocycles. The SMILES string of the molecule is CC(C)CN(Cc1cc(Cl)c2c(c1)OCCCO2)C(=O)CCC1CCCC1. The summed E-state index contributed by atoms with van der Waals surface area (Å²) in [5.41, 5.74) is 0.999. The highest BCUT2D eigenvalue weighted by Crippen LogP contribution is 2.38. The van der Waals surface area contributed by atoms with Gasteiger partial charge in [-0.25, -0.2) is 0 Å². The lowest BCUT2D eigenvalue weighted by Crippen LogP contribution is -2.33. The zero-order valence-electron chi connectivity index (χ0n) is 16.6. The lowest BCUT2D eigenvalue weighted by Gasteiger charge is -2.26. The van der Waals surface area contributed by atoms with Crippen molar-refractivity contribution in [1.82, 2.24) is 4.90 Å². The molecule has 0 spiro atoms. The van der Waals surface area contributed by atoms with E-state index in [1.54, 1.807) is 0 Å². The van der Waals surface area contributed by atoms with Crippen molar-refractivity contribution in [1.29, 1.82) is 0 Å². The van der Waals surface area contributed by atoms with E-state index in [0.717, 1.165) is 30.9 Å². The number of hydrogen-bond acceptors (Lipinski definition) is 3. The van der Waals surface area contributed by atoms with Gasteiger partial charge in [-0.05, 0) is 36.0 Å². The Hall–Kier alpha value is -1.42. The van der Waals surface area contributed by atoms with Crippen LogP contribution in [0.15, 0.2) is 12.1 Å². The number of hydrogen-bond donors (Lipinski definition) is 0. The van der Waals surface area contributed by atoms with Crippen molar-refractivity contribution in [3.05, 3.63) is 22.7 Å². The highest BCUT2D eigenvalue weighted by atomic mass is 35.5. The molecule has 27 heavy (non-hydrogen) atoms. The molecule has 0 radical (unpaired) electrons. The van der Waals surface area contributed by atoms with Crippen LogP contribution in [0.1, 0.15) is 64.4 Å². The van der Waals surface area contributed by atoms with E-state index in [1.807, 2.05) is 17.0 Å². The maximum Gasteiger partial charge on any atom is 0.222 e. The van der Waals surface area contributed by atoms with E-state index in [2.05, 4.69) is 13.8 Å². The maximum absolute atomic E-state index is 12.9. The molecule has 1 amide bonds. The molecule has 0 aromatic heterocycles. The molecule has 3 rings (SSSR count). The third-order valence-electron chi connectivity index (χ3n) is 5.41. The smallest absolute Gasteiger partial charge is 0.222 e. The number of amides is 1. The largest absolute Gasteiger partial charge is 0.489 e. The average molecular weight is 394 g/mol. The molecule has 1 aromatic carbocycles. The van der Waals surface area contributed by atoms with Crippen molar-refractivity contribution < 1.29 is 14.3 Å². The van der Waals surface area contributed by atoms with Gasteiger partial charge in [0.1, 0.15) is 0 Å². The fraction of sp³-hybridized carbons (Fsp3) is 0.682. The number of halogens is 1. The van der Waals surface area contributed by atoms with Crippen LogP contribution in [-0.2, 0) is 11.3 Å². The lowest BCUT2D eigenvalue weighted by molar-refractivity contribution is -0.132. The summed E-state index contributed by atoms with van der Waals surface area (Å²) in [7, 11) is 0. The number of fused-ring (bicyclic) bond motifs is 1. The minimum absolute atomic E-state index is 0.249. The van der Waals surface area contributed by atoms with Gasteiger partial charge in [0.15, 0.2) is 11.5 Å². The van der Waals surface area contributed by atoms with Crippen molar-refractivity contribution in [2.24, 2.45) is 11.8 Å². The second-order valence-electron chi connectivity index (χ2n) is 8.31. The third-order valence-corrected chi connectivity index (χ3v) is 5.70. The first kappa shape index (κ1) is 20.3. The molecule has 150 valence electrons. The second kappa shape index (κ2) is 9.68. The Labute approximate surface area is 168 Å². The van der Waals surface area contributed by atoms with Gasteiger partial charge in [-0.1, -0.05) is 51.1 Å². The van der Waals surface area contributed by atoms with Crippen LogP contribution in [0, 0.1) is 11.8 Å². The normalized spacial score (nSPS) is 17.2. The van der Waals surface area contributed by atoms with Gasteiger partial charge in [0.25, 0.3) is 0 Å². The van der Waals surface area contributed by atoms with E-state index in [9.17, 15) is 4.79 Å². The van der Waals surface area contributed by atoms with E-state index in [0.29, 0.717) is 48.6 Å². The number of ether oxygens (including phenoxy) is 2. The molecule has 1 saturated carbocycles. The van der Waals surface area contributed by atoms with Gasteiger partial charge < -0.3 is 14.4 Å². The lowest BCUT2D eigenvalue weighted by atomic mass is 10.0. The van der Waals surface area contributed by atoms with Gasteiger partial charge in [-0.3, -0.25) is 4.79 Å². The molecule has 5 heteroatoms. The molecule has 1 fully saturated rings. The van der Waals surface area contributed by atoms with Gasteiger partial charge in [0, 0.05) is 25.9 Å². The number of rotatable bonds is 7. The molecular formula is C22H32ClNO3. The first-order valence-electron chi connectivity index (χ1n) is 10.4. The summed E-state index contributed by atoms with van der Waals surface area (Å²) < 4.78 is 11.5. The molecule has 0 bridgehead atoms. The van der Waals surface area contributed by atoms with Crippen molar-refractivity contribution in [3.8, 4) is 11.5 Å². The predicted molar refractivity (Wildman–Crippen MR) is 109 cm³/mol. The molecular weight excluding hydrogens is 362 g/mol. The van der Waals surface area contributed by atoms with Crippen molar-refractivity contribution >= 4 is 17.5 Å². The van der Waals surface area contributed by atoms with Crippen molar-refractivity contribution in [2.45, 2.75) is 65.3 Å². The van der Waals surface area contributed by atoms with Gasteiger partial charge in [-0.2, -0.15) is 0 Å². The van der Waals surface area contributed by atoms with Gasteiger partial charge in [-0.15, -0.1) is 0 Å². The molecule has 1 aromatic rings. The minimum atomic E-state index is 0.249. The summed E-state index contributed by atoms with van der Waals surface area (Å²) in [5.74, 6) is 2.73. The van der Waals surface area contributed by atoms with Gasteiger partial charge >= 0.3 is 0 Å². The van der Waals surface area contributed by atoms with Crippen LogP contribution in [0.4, 0.5) is 0 Å². The van der Waals surface area contributed by atoms with Crippen LogP contribution in [0.2, 0.25) is 5.02 Å². The van der Waals surface area contributed by atoms with Crippen LogP contribution >= 0.6 is 11.6 Å². The Balaban J connectivity index is 1.68. The fourth-order valence-electron chi connectivity index (χ4n) is 4.08. The minimum Gasteiger partial charge on any atom is -0.489 e. The van der Waals surface area contributed by atoms with E-state index in [-0.39, 0.29) is 5.91 Å². The Kier molecular flexibility index (Phi) is 7.28. The van der Waals surface area contributed by atoms with E-state index in [1.165, 1.54) is 25.7 Å². The van der Waals surface area contributed by atoms with Gasteiger partial charge in [0.05, 0.1) is 18.2 Å². The second-order valence-corrected chi connectivity index (χ2v) is 8.72. The van der Waals surface area contributed by atoms with E-state index >= 15 is 0 Å². The molecule has 0 atom stereocenters. The van der Waals surface area contributed by atoms with Crippen molar-refractivity contribution in [2.75, 3.05) is 19.8 Å². The highest BCUT2D eigenvalue weighted by Gasteiger charge is 2.22. The summed E-state index contributed by atoms with van der Waals surface area (Å²) in [6.45, 7) is 6.87. The molecule has 1 heterocycles. The monoisotopic (exact) mass is 393 g/mol. The quantitative estimate of drug-likeness (QED) is 0.617. The van der Waals surface area contributed by atoms with Crippen LogP contribution in [0.5, 0.6) is 11.5 Å². The van der Waals surface area contributed by atoms with E-state index < -0.39 is 0 Å². The van der Waals surface area contributed by atoms with Crippen LogP contribution < -0.4 is 9.47 Å². The number of benzene rings is 1. The first-order chi connectivity index (χ1) is 13.0. The predicted octanol–water partition coefficient (Wildman–Crippen LogP) is 5.46. The summed E-state index contributed by atoms with van der Waals surface area (Å²) in [6, 6.07) is 3.89. The van der Waals surface area contributed by atoms with Gasteiger partial charge in [0.2, 0.25) is 5.91 Å². The van der Waals surface area contributed by atoms with Crippen LogP contribution in [0.25, 0.3) is 0 Å². The standard InChI is InChI=1S/C22H32ClNO3/c1-16(2)14-24(21(25)9-8-17-6-3-4-7-17)15-18-12-19(23)22-20(13-18)26-10-5-11-27-22/h12-13,16-17H,3-11,14-15H2,1-2H3. The number of carbonyl (C=O) groups excluding carboxylic acids is 1. The summed E-state index contributed by atoms with van der Waals surface area (Å²) in [6.07, 6.45) is 7.74. The van der Waals surface area contributed by atoms with E-state index in [4.69, 9.17) is 21.1 Å². The Morgan fingerprint density at radius 3 is 2.67 bits per heavy atom. The molecule has 4 nitrogen and oxygen atoms in total. The zero-order valence-corrected chi connectivity index (χ0v) is 17.4. The molecule has 1 aliphatic carbocycles. The fourth-order valence-corrected chi connectivity index (χ4v) is 4.36. The molecule has 0 N–H and O–H groups in total. The molecule has 2 aliphatic rings. The molecule has 1 aliphatic heterocycles. The van der Waals surface area contributed by atoms with Crippen molar-refractivity contribution in [3.63, 3.8) is 0 Å². The highest BCUT2D eigenvalue weighted by molar-refractivity contribution is 6.32. The maximum atomic E-state index is 12.9. The summed E-state index contributed by atoms with van der Waals surface area (Å²) in [4.78, 5) is 14.9. The zero-order chi connectivity index (χ0) is 19.2. The average Bonchev–Trinajstić information content (AvgIpc) is 3.02. The topological polar surface area (TPSA) is 38.8 Å². The first-order valence-corrected chi connectivity index (χ1v) is 10.8. The van der Waals surface area contributed by atoms with Crippen LogP contribution in [0.3, 0.4) is 0 Å². The number of nitrogens with zero attached hydrogens (tertiary/aromatic N) is 1.